The summed E-state index contributed by atoms with van der Waals surface area (Å²) in [6.07, 6.45) is 3.51. The fraction of sp³-hybridized carbons (Fsp3) is 0.385. The number of oxazole rings is 1. The first-order valence-corrected chi connectivity index (χ1v) is 11.6. The van der Waals surface area contributed by atoms with Crippen molar-refractivity contribution in [3.05, 3.63) is 77.0 Å². The van der Waals surface area contributed by atoms with E-state index in [1.807, 2.05) is 30.3 Å². The lowest BCUT2D eigenvalue weighted by Gasteiger charge is -2.22. The van der Waals surface area contributed by atoms with E-state index in [1.54, 1.807) is 0 Å². The number of fused-ring (bicyclic) bond motifs is 1. The average Bonchev–Trinajstić information content (AvgIpc) is 3.61. The summed E-state index contributed by atoms with van der Waals surface area (Å²) in [5.41, 5.74) is 3.83. The Morgan fingerprint density at radius 2 is 2.00 bits per heavy atom. The van der Waals surface area contributed by atoms with Crippen LogP contribution >= 0.6 is 0 Å². The minimum Gasteiger partial charge on any atom is -0.454 e. The quantitative estimate of drug-likeness (QED) is 0.516. The van der Waals surface area contributed by atoms with Gasteiger partial charge < -0.3 is 23.9 Å². The first-order valence-electron chi connectivity index (χ1n) is 11.6. The summed E-state index contributed by atoms with van der Waals surface area (Å²) in [4.78, 5) is 19.2. The smallest absolute Gasteiger partial charge is 0.273 e. The average molecular weight is 464 g/mol. The van der Waals surface area contributed by atoms with Crippen LogP contribution in [-0.2, 0) is 24.4 Å². The van der Waals surface area contributed by atoms with E-state index in [2.05, 4.69) is 34.3 Å². The Bertz CT molecular complexity index is 1140. The molecule has 0 bridgehead atoms. The Morgan fingerprint density at radius 1 is 1.12 bits per heavy atom. The van der Waals surface area contributed by atoms with E-state index in [-0.39, 0.29) is 24.5 Å². The van der Waals surface area contributed by atoms with Crippen LogP contribution in [0.5, 0.6) is 11.5 Å². The number of amides is 1. The van der Waals surface area contributed by atoms with E-state index in [0.717, 1.165) is 36.5 Å². The molecular weight excluding hydrogens is 434 g/mol. The zero-order valence-electron chi connectivity index (χ0n) is 19.3. The van der Waals surface area contributed by atoms with Crippen molar-refractivity contribution in [1.82, 2.24) is 15.2 Å². The lowest BCUT2D eigenvalue weighted by molar-refractivity contribution is 0.0853. The highest BCUT2D eigenvalue weighted by Crippen LogP contribution is 2.33. The van der Waals surface area contributed by atoms with Gasteiger partial charge >= 0.3 is 0 Å². The summed E-state index contributed by atoms with van der Waals surface area (Å²) in [6, 6.07) is 14.3. The third-order valence-electron chi connectivity index (χ3n) is 6.16. The molecule has 1 aromatic heterocycles. The number of nitrogens with zero attached hydrogens (tertiary/aromatic N) is 2. The molecule has 2 aliphatic rings. The molecule has 2 aromatic carbocycles. The maximum atomic E-state index is 12.5. The van der Waals surface area contributed by atoms with Crippen molar-refractivity contribution in [3.63, 3.8) is 0 Å². The Hall–Kier alpha value is -3.36. The number of rotatable bonds is 9. The van der Waals surface area contributed by atoms with Gasteiger partial charge in [-0.15, -0.1) is 0 Å². The van der Waals surface area contributed by atoms with Gasteiger partial charge in [-0.2, -0.15) is 0 Å². The second-order valence-corrected chi connectivity index (χ2v) is 8.73. The molecule has 0 unspecified atom stereocenters. The van der Waals surface area contributed by atoms with Crippen LogP contribution in [0, 0.1) is 6.92 Å². The van der Waals surface area contributed by atoms with Gasteiger partial charge in [0.1, 0.15) is 6.26 Å². The van der Waals surface area contributed by atoms with E-state index in [0.29, 0.717) is 32.1 Å². The van der Waals surface area contributed by atoms with Crippen LogP contribution in [0.3, 0.4) is 0 Å². The number of nitrogens with one attached hydrogen (secondary N) is 1. The van der Waals surface area contributed by atoms with E-state index in [9.17, 15) is 4.79 Å². The van der Waals surface area contributed by atoms with Gasteiger partial charge in [0.15, 0.2) is 17.2 Å². The number of carbonyl (C=O) groups is 1. The highest BCUT2D eigenvalue weighted by Gasteiger charge is 2.20. The first kappa shape index (κ1) is 22.4. The van der Waals surface area contributed by atoms with Gasteiger partial charge in [0, 0.05) is 26.2 Å². The molecular formula is C26H29N3O5. The zero-order chi connectivity index (χ0) is 23.3. The molecule has 178 valence electrons. The summed E-state index contributed by atoms with van der Waals surface area (Å²) < 4.78 is 22.2. The molecule has 0 saturated carbocycles. The third kappa shape index (κ3) is 5.40. The van der Waals surface area contributed by atoms with E-state index < -0.39 is 0 Å². The largest absolute Gasteiger partial charge is 0.454 e. The van der Waals surface area contributed by atoms with Gasteiger partial charge in [0.05, 0.1) is 12.6 Å². The van der Waals surface area contributed by atoms with E-state index in [4.69, 9.17) is 18.6 Å². The Balaban J connectivity index is 1.28. The molecule has 0 radical (unpaired) electrons. The summed E-state index contributed by atoms with van der Waals surface area (Å²) in [7, 11) is 0. The monoisotopic (exact) mass is 463 g/mol. The molecule has 34 heavy (non-hydrogen) atoms. The molecule has 1 fully saturated rings. The van der Waals surface area contributed by atoms with Crippen molar-refractivity contribution in [3.8, 4) is 11.5 Å². The number of hydrogen-bond donors (Lipinski definition) is 1. The van der Waals surface area contributed by atoms with Crippen LogP contribution in [-0.4, -0.2) is 41.8 Å². The third-order valence-corrected chi connectivity index (χ3v) is 6.16. The topological polar surface area (TPSA) is 86.1 Å². The maximum Gasteiger partial charge on any atom is 0.273 e. The predicted molar refractivity (Wildman–Crippen MR) is 125 cm³/mol. The number of hydrogen-bond acceptors (Lipinski definition) is 7. The molecule has 1 N–H and O–H groups in total. The summed E-state index contributed by atoms with van der Waals surface area (Å²) in [6.45, 7) is 5.44. The van der Waals surface area contributed by atoms with Gasteiger partial charge in [0.2, 0.25) is 12.7 Å². The lowest BCUT2D eigenvalue weighted by Crippen LogP contribution is -2.32. The molecule has 3 aromatic rings. The van der Waals surface area contributed by atoms with Crippen molar-refractivity contribution in [1.29, 1.82) is 0 Å². The van der Waals surface area contributed by atoms with Crippen LogP contribution in [0.1, 0.15) is 45.9 Å². The van der Waals surface area contributed by atoms with Crippen molar-refractivity contribution in [2.75, 3.05) is 19.9 Å². The number of ether oxygens (including phenoxy) is 3. The van der Waals surface area contributed by atoms with Gasteiger partial charge in [-0.25, -0.2) is 4.98 Å². The zero-order valence-corrected chi connectivity index (χ0v) is 19.3. The van der Waals surface area contributed by atoms with Crippen molar-refractivity contribution in [2.24, 2.45) is 0 Å². The lowest BCUT2D eigenvalue weighted by atomic mass is 10.1. The Kier molecular flexibility index (Phi) is 6.78. The number of aryl methyl sites for hydroxylation is 1. The SMILES string of the molecule is Cc1ccccc1CN(Cc1ccc2c(c1)OCO2)Cc1nc(C(=O)NC[C@H]2CCCO2)co1. The van der Waals surface area contributed by atoms with Gasteiger partial charge in [-0.3, -0.25) is 9.69 Å². The number of benzene rings is 2. The van der Waals surface area contributed by atoms with Crippen LogP contribution in [0.25, 0.3) is 0 Å². The van der Waals surface area contributed by atoms with Crippen LogP contribution in [0.15, 0.2) is 53.1 Å². The highest BCUT2D eigenvalue weighted by molar-refractivity contribution is 5.91. The number of aromatic nitrogens is 1. The van der Waals surface area contributed by atoms with E-state index in [1.165, 1.54) is 17.4 Å². The molecule has 2 aliphatic heterocycles. The molecule has 3 heterocycles. The van der Waals surface area contributed by atoms with Gasteiger partial charge in [0.25, 0.3) is 5.91 Å². The second-order valence-electron chi connectivity index (χ2n) is 8.73. The Labute approximate surface area is 198 Å². The molecule has 5 rings (SSSR count). The minimum atomic E-state index is -0.244. The second kappa shape index (κ2) is 10.3. The van der Waals surface area contributed by atoms with Gasteiger partial charge in [-0.05, 0) is 48.6 Å². The molecule has 8 nitrogen and oxygen atoms in total. The van der Waals surface area contributed by atoms with Crippen molar-refractivity contribution >= 4 is 5.91 Å². The molecule has 1 saturated heterocycles. The van der Waals surface area contributed by atoms with Crippen LogP contribution < -0.4 is 14.8 Å². The fourth-order valence-corrected chi connectivity index (χ4v) is 4.28. The minimum absolute atomic E-state index is 0.0848. The number of carbonyl (C=O) groups excluding carboxylic acids is 1. The normalized spacial score (nSPS) is 16.8. The standard InChI is InChI=1S/C26H29N3O5/c1-18-5-2-3-6-20(18)14-29(13-19-8-9-23-24(11-19)34-17-33-23)15-25-28-22(16-32-25)26(30)27-12-21-7-4-10-31-21/h2-3,5-6,8-9,11,16,21H,4,7,10,12-15,17H2,1H3,(H,27,30)/t21-/m1/s1. The Morgan fingerprint density at radius 3 is 2.85 bits per heavy atom. The highest BCUT2D eigenvalue weighted by atomic mass is 16.7. The molecule has 8 heteroatoms. The summed E-state index contributed by atoms with van der Waals surface area (Å²) in [5.74, 6) is 1.78. The fourth-order valence-electron chi connectivity index (χ4n) is 4.28. The van der Waals surface area contributed by atoms with Crippen LogP contribution in [0.2, 0.25) is 0 Å². The summed E-state index contributed by atoms with van der Waals surface area (Å²) in [5, 5.41) is 2.89. The van der Waals surface area contributed by atoms with Crippen molar-refractivity contribution < 1.29 is 23.4 Å². The molecule has 1 amide bonds. The molecule has 1 atom stereocenters. The summed E-state index contributed by atoms with van der Waals surface area (Å²) >= 11 is 0. The van der Waals surface area contributed by atoms with E-state index >= 15 is 0 Å². The first-order chi connectivity index (χ1) is 16.6. The van der Waals surface area contributed by atoms with Crippen molar-refractivity contribution in [2.45, 2.75) is 45.5 Å². The maximum absolute atomic E-state index is 12.5. The molecule has 0 spiro atoms. The predicted octanol–water partition coefficient (Wildman–Crippen LogP) is 3.82. The molecule has 0 aliphatic carbocycles. The van der Waals surface area contributed by atoms with Crippen LogP contribution in [0.4, 0.5) is 0 Å². The van der Waals surface area contributed by atoms with Gasteiger partial charge in [-0.1, -0.05) is 30.3 Å².